The van der Waals surface area contributed by atoms with E-state index in [-0.39, 0.29) is 10.7 Å². The fraction of sp³-hybridized carbons (Fsp3) is 0.0909. The molecular formula is C33H27NO6S. The first-order valence-corrected chi connectivity index (χ1v) is 14.3. The average Bonchev–Trinajstić information content (AvgIpc) is 3.02. The van der Waals surface area contributed by atoms with E-state index in [1.54, 1.807) is 97.1 Å². The first kappa shape index (κ1) is 27.6. The number of carbonyl (C=O) groups is 2. The zero-order valence-electron chi connectivity index (χ0n) is 22.2. The van der Waals surface area contributed by atoms with Crippen molar-refractivity contribution in [2.45, 2.75) is 11.0 Å². The van der Waals surface area contributed by atoms with Gasteiger partial charge in [0.1, 0.15) is 5.75 Å². The van der Waals surface area contributed by atoms with Crippen LogP contribution in [-0.2, 0) is 19.6 Å². The molecule has 5 aromatic rings. The van der Waals surface area contributed by atoms with Gasteiger partial charge in [-0.25, -0.2) is 13.2 Å². The van der Waals surface area contributed by atoms with Crippen molar-refractivity contribution < 1.29 is 27.5 Å². The van der Waals surface area contributed by atoms with E-state index >= 15 is 0 Å². The molecule has 0 spiro atoms. The minimum Gasteiger partial charge on any atom is -0.482 e. The summed E-state index contributed by atoms with van der Waals surface area (Å²) in [6, 6.07) is 36.3. The Kier molecular flexibility index (Phi) is 8.12. The van der Waals surface area contributed by atoms with Gasteiger partial charge in [-0.3, -0.25) is 9.10 Å². The first-order chi connectivity index (χ1) is 19.8. The van der Waals surface area contributed by atoms with Gasteiger partial charge in [0.05, 0.1) is 10.6 Å². The summed E-state index contributed by atoms with van der Waals surface area (Å²) in [7, 11) is -2.33. The number of carbonyl (C=O) groups excluding carboxylic acids is 2. The summed E-state index contributed by atoms with van der Waals surface area (Å²) in [6.45, 7) is -0.435. The summed E-state index contributed by atoms with van der Waals surface area (Å²) >= 11 is 0. The van der Waals surface area contributed by atoms with E-state index in [2.05, 4.69) is 0 Å². The standard InChI is InChI=1S/C33H27NO6S/c1-34(41(37,38)30-21-16-24-10-8-9-15-27(24)22-30)28-17-19-29(20-18-28)39-23-31(35)40-33(26-13-6-3-7-14-26)32(36)25-11-4-2-5-12-25/h2-22,33H,23H2,1H3. The van der Waals surface area contributed by atoms with Gasteiger partial charge in [-0.2, -0.15) is 0 Å². The van der Waals surface area contributed by atoms with Crippen LogP contribution in [-0.4, -0.2) is 33.8 Å². The normalized spacial score (nSPS) is 11.9. The Morgan fingerprint density at radius 2 is 1.34 bits per heavy atom. The molecule has 0 heterocycles. The molecule has 0 fully saturated rings. The van der Waals surface area contributed by atoms with E-state index in [4.69, 9.17) is 9.47 Å². The van der Waals surface area contributed by atoms with Crippen LogP contribution in [0.2, 0.25) is 0 Å². The fourth-order valence-corrected chi connectivity index (χ4v) is 5.57. The summed E-state index contributed by atoms with van der Waals surface area (Å²) in [5.74, 6) is -0.721. The van der Waals surface area contributed by atoms with Crippen LogP contribution in [0.15, 0.2) is 132 Å². The molecule has 0 aliphatic carbocycles. The lowest BCUT2D eigenvalue weighted by Gasteiger charge is -2.20. The summed E-state index contributed by atoms with van der Waals surface area (Å²) in [5.41, 5.74) is 1.40. The number of Topliss-reactive ketones (excluding diaryl/α,β-unsaturated/α-hetero) is 1. The Morgan fingerprint density at radius 3 is 2.02 bits per heavy atom. The minimum atomic E-state index is -3.81. The van der Waals surface area contributed by atoms with E-state index in [1.807, 2.05) is 30.3 Å². The maximum atomic E-state index is 13.3. The quantitative estimate of drug-likeness (QED) is 0.148. The van der Waals surface area contributed by atoms with Crippen molar-refractivity contribution in [3.63, 3.8) is 0 Å². The van der Waals surface area contributed by atoms with Gasteiger partial charge < -0.3 is 9.47 Å². The lowest BCUT2D eigenvalue weighted by atomic mass is 10.00. The van der Waals surface area contributed by atoms with Crippen molar-refractivity contribution in [1.82, 2.24) is 0 Å². The highest BCUT2D eigenvalue weighted by atomic mass is 32.2. The number of esters is 1. The molecule has 5 aromatic carbocycles. The van der Waals surface area contributed by atoms with E-state index in [1.165, 1.54) is 11.4 Å². The largest absolute Gasteiger partial charge is 0.482 e. The molecule has 0 N–H and O–H groups in total. The molecule has 7 nitrogen and oxygen atoms in total. The lowest BCUT2D eigenvalue weighted by molar-refractivity contribution is -0.149. The summed E-state index contributed by atoms with van der Waals surface area (Å²) < 4.78 is 38.9. The van der Waals surface area contributed by atoms with Gasteiger partial charge in [-0.15, -0.1) is 0 Å². The summed E-state index contributed by atoms with van der Waals surface area (Å²) in [6.07, 6.45) is -1.12. The molecule has 8 heteroatoms. The zero-order chi connectivity index (χ0) is 28.8. The van der Waals surface area contributed by atoms with Gasteiger partial charge in [-0.05, 0) is 47.2 Å². The molecule has 5 rings (SSSR count). The predicted molar refractivity (Wildman–Crippen MR) is 158 cm³/mol. The van der Waals surface area contributed by atoms with E-state index in [0.29, 0.717) is 22.6 Å². The number of rotatable bonds is 10. The number of hydrogen-bond acceptors (Lipinski definition) is 6. The molecule has 206 valence electrons. The third-order valence-electron chi connectivity index (χ3n) is 6.58. The fourth-order valence-electron chi connectivity index (χ4n) is 4.34. The highest BCUT2D eigenvalue weighted by Crippen LogP contribution is 2.27. The number of ketones is 1. The van der Waals surface area contributed by atoms with Crippen molar-refractivity contribution in [3.8, 4) is 5.75 Å². The Labute approximate surface area is 238 Å². The summed E-state index contributed by atoms with van der Waals surface area (Å²) in [4.78, 5) is 26.0. The molecule has 0 saturated carbocycles. The molecule has 0 radical (unpaired) electrons. The van der Waals surface area contributed by atoms with Crippen molar-refractivity contribution in [1.29, 1.82) is 0 Å². The second-order valence-corrected chi connectivity index (χ2v) is 11.2. The third-order valence-corrected chi connectivity index (χ3v) is 8.37. The van der Waals surface area contributed by atoms with E-state index in [9.17, 15) is 18.0 Å². The van der Waals surface area contributed by atoms with Crippen LogP contribution >= 0.6 is 0 Å². The molecule has 0 aliphatic rings. The van der Waals surface area contributed by atoms with Gasteiger partial charge in [0, 0.05) is 18.2 Å². The minimum absolute atomic E-state index is 0.180. The van der Waals surface area contributed by atoms with Gasteiger partial charge in [-0.1, -0.05) is 91.0 Å². The zero-order valence-corrected chi connectivity index (χ0v) is 23.0. The summed E-state index contributed by atoms with van der Waals surface area (Å²) in [5, 5.41) is 1.78. The second kappa shape index (κ2) is 12.1. The van der Waals surface area contributed by atoms with Crippen LogP contribution in [0.25, 0.3) is 10.8 Å². The van der Waals surface area contributed by atoms with E-state index < -0.39 is 28.7 Å². The Balaban J connectivity index is 1.24. The highest BCUT2D eigenvalue weighted by Gasteiger charge is 2.26. The van der Waals surface area contributed by atoms with Crippen LogP contribution in [0.1, 0.15) is 22.0 Å². The van der Waals surface area contributed by atoms with Crippen molar-refractivity contribution >= 4 is 38.2 Å². The van der Waals surface area contributed by atoms with Crippen molar-refractivity contribution in [3.05, 3.63) is 139 Å². The Morgan fingerprint density at radius 1 is 0.732 bits per heavy atom. The third kappa shape index (κ3) is 6.28. The van der Waals surface area contributed by atoms with Crippen LogP contribution < -0.4 is 9.04 Å². The number of anilines is 1. The van der Waals surface area contributed by atoms with Crippen LogP contribution in [0.3, 0.4) is 0 Å². The molecule has 0 amide bonds. The van der Waals surface area contributed by atoms with E-state index in [0.717, 1.165) is 10.8 Å². The number of ether oxygens (including phenoxy) is 2. The van der Waals surface area contributed by atoms with Gasteiger partial charge >= 0.3 is 5.97 Å². The topological polar surface area (TPSA) is 90.0 Å². The predicted octanol–water partition coefficient (Wildman–Crippen LogP) is 6.21. The molecule has 1 atom stereocenters. The number of sulfonamides is 1. The number of benzene rings is 5. The SMILES string of the molecule is CN(c1ccc(OCC(=O)OC(C(=O)c2ccccc2)c2ccccc2)cc1)S(=O)(=O)c1ccc2ccccc2c1. The average molecular weight is 566 g/mol. The Bertz CT molecular complexity index is 1770. The lowest BCUT2D eigenvalue weighted by Crippen LogP contribution is -2.26. The van der Waals surface area contributed by atoms with Gasteiger partial charge in [0.15, 0.2) is 12.7 Å². The van der Waals surface area contributed by atoms with Crippen LogP contribution in [0, 0.1) is 0 Å². The second-order valence-electron chi connectivity index (χ2n) is 9.27. The van der Waals surface area contributed by atoms with Gasteiger partial charge in [0.2, 0.25) is 5.78 Å². The van der Waals surface area contributed by atoms with Crippen LogP contribution in [0.4, 0.5) is 5.69 Å². The number of nitrogens with zero attached hydrogens (tertiary/aromatic N) is 1. The first-order valence-electron chi connectivity index (χ1n) is 12.9. The number of fused-ring (bicyclic) bond motifs is 1. The molecule has 41 heavy (non-hydrogen) atoms. The van der Waals surface area contributed by atoms with Crippen molar-refractivity contribution in [2.75, 3.05) is 18.0 Å². The maximum absolute atomic E-state index is 13.3. The Hall–Kier alpha value is -4.95. The van der Waals surface area contributed by atoms with Gasteiger partial charge in [0.25, 0.3) is 10.0 Å². The molecular weight excluding hydrogens is 538 g/mol. The molecule has 0 bridgehead atoms. The molecule has 0 saturated heterocycles. The molecule has 0 aromatic heterocycles. The van der Waals surface area contributed by atoms with Crippen molar-refractivity contribution in [2.24, 2.45) is 0 Å². The molecule has 0 aliphatic heterocycles. The smallest absolute Gasteiger partial charge is 0.345 e. The maximum Gasteiger partial charge on any atom is 0.345 e. The van der Waals surface area contributed by atoms with Crippen LogP contribution in [0.5, 0.6) is 5.75 Å². The molecule has 1 unspecified atom stereocenters. The monoisotopic (exact) mass is 565 g/mol. The highest BCUT2D eigenvalue weighted by molar-refractivity contribution is 7.92. The number of hydrogen-bond donors (Lipinski definition) is 0.